The standard InChI is InChI=1S/C14H15BrClNO3/c15-10-4-9(5-11(16)6-10)13(20)17-8-14(2-1-3-14)7-12(18)19/h4-6H,1-3,7-8H2,(H,17,20)(H,18,19). The van der Waals surface area contributed by atoms with Gasteiger partial charge in [-0.25, -0.2) is 0 Å². The van der Waals surface area contributed by atoms with E-state index in [9.17, 15) is 9.59 Å². The molecular formula is C14H15BrClNO3. The van der Waals surface area contributed by atoms with Crippen LogP contribution in [0.2, 0.25) is 5.02 Å². The Morgan fingerprint density at radius 3 is 2.55 bits per heavy atom. The second-order valence-electron chi connectivity index (χ2n) is 5.26. The molecule has 1 amide bonds. The quantitative estimate of drug-likeness (QED) is 0.845. The lowest BCUT2D eigenvalue weighted by molar-refractivity contribution is -0.141. The minimum atomic E-state index is -0.815. The van der Waals surface area contributed by atoms with Crippen molar-refractivity contribution in [1.29, 1.82) is 0 Å². The highest BCUT2D eigenvalue weighted by atomic mass is 79.9. The lowest BCUT2D eigenvalue weighted by atomic mass is 9.66. The van der Waals surface area contributed by atoms with E-state index in [0.717, 1.165) is 23.7 Å². The topological polar surface area (TPSA) is 66.4 Å². The van der Waals surface area contributed by atoms with Crippen molar-refractivity contribution in [3.05, 3.63) is 33.3 Å². The molecule has 0 aliphatic heterocycles. The summed E-state index contributed by atoms with van der Waals surface area (Å²) in [5.74, 6) is -1.05. The van der Waals surface area contributed by atoms with Gasteiger partial charge in [-0.15, -0.1) is 0 Å². The minimum Gasteiger partial charge on any atom is -0.481 e. The van der Waals surface area contributed by atoms with Gasteiger partial charge < -0.3 is 10.4 Å². The Labute approximate surface area is 130 Å². The monoisotopic (exact) mass is 359 g/mol. The van der Waals surface area contributed by atoms with Crippen LogP contribution in [0.4, 0.5) is 0 Å². The number of aliphatic carboxylic acids is 1. The fraction of sp³-hybridized carbons (Fsp3) is 0.429. The van der Waals surface area contributed by atoms with Gasteiger partial charge in [0.05, 0.1) is 6.42 Å². The summed E-state index contributed by atoms with van der Waals surface area (Å²) in [4.78, 5) is 23.0. The van der Waals surface area contributed by atoms with E-state index >= 15 is 0 Å². The van der Waals surface area contributed by atoms with E-state index in [4.69, 9.17) is 16.7 Å². The number of carboxylic acids is 1. The average molecular weight is 361 g/mol. The van der Waals surface area contributed by atoms with Crippen molar-refractivity contribution in [2.24, 2.45) is 5.41 Å². The van der Waals surface area contributed by atoms with Crippen LogP contribution in [0.3, 0.4) is 0 Å². The van der Waals surface area contributed by atoms with Crippen molar-refractivity contribution in [2.45, 2.75) is 25.7 Å². The maximum atomic E-state index is 12.1. The second kappa shape index (κ2) is 6.14. The molecule has 0 aromatic heterocycles. The Kier molecular flexibility index (Phi) is 4.70. The minimum absolute atomic E-state index is 0.104. The fourth-order valence-corrected chi connectivity index (χ4v) is 3.33. The van der Waals surface area contributed by atoms with E-state index in [1.165, 1.54) is 0 Å². The Balaban J connectivity index is 1.99. The van der Waals surface area contributed by atoms with Gasteiger partial charge in [-0.1, -0.05) is 34.0 Å². The molecule has 0 radical (unpaired) electrons. The maximum Gasteiger partial charge on any atom is 0.303 e. The molecule has 108 valence electrons. The molecule has 6 heteroatoms. The molecule has 0 atom stereocenters. The van der Waals surface area contributed by atoms with Crippen molar-refractivity contribution >= 4 is 39.4 Å². The predicted molar refractivity (Wildman–Crippen MR) is 80.0 cm³/mol. The van der Waals surface area contributed by atoms with Gasteiger partial charge in [-0.3, -0.25) is 9.59 Å². The normalized spacial score (nSPS) is 16.3. The molecule has 1 saturated carbocycles. The summed E-state index contributed by atoms with van der Waals surface area (Å²) in [5, 5.41) is 12.2. The first-order valence-corrected chi connectivity index (χ1v) is 7.53. The molecule has 1 aliphatic carbocycles. The molecule has 2 N–H and O–H groups in total. The lowest BCUT2D eigenvalue weighted by Gasteiger charge is -2.40. The molecule has 20 heavy (non-hydrogen) atoms. The molecular weight excluding hydrogens is 346 g/mol. The number of rotatable bonds is 5. The smallest absolute Gasteiger partial charge is 0.303 e. The number of hydrogen-bond acceptors (Lipinski definition) is 2. The molecule has 1 aromatic carbocycles. The summed E-state index contributed by atoms with van der Waals surface area (Å²) in [6, 6.07) is 4.98. The molecule has 1 fully saturated rings. The van der Waals surface area contributed by atoms with Gasteiger partial charge in [-0.05, 0) is 36.5 Å². The SMILES string of the molecule is O=C(O)CC1(CNC(=O)c2cc(Cl)cc(Br)c2)CCC1. The van der Waals surface area contributed by atoms with Gasteiger partial charge in [-0.2, -0.15) is 0 Å². The van der Waals surface area contributed by atoms with Crippen LogP contribution in [0.5, 0.6) is 0 Å². The number of amides is 1. The summed E-state index contributed by atoms with van der Waals surface area (Å²) in [6.45, 7) is 0.391. The third-order valence-corrected chi connectivity index (χ3v) is 4.37. The third kappa shape index (κ3) is 3.73. The number of carboxylic acid groups (broad SMARTS) is 1. The first-order valence-electron chi connectivity index (χ1n) is 6.36. The summed E-state index contributed by atoms with van der Waals surface area (Å²) < 4.78 is 0.735. The zero-order valence-corrected chi connectivity index (χ0v) is 13.1. The van der Waals surface area contributed by atoms with Crippen LogP contribution in [0.25, 0.3) is 0 Å². The van der Waals surface area contributed by atoms with Gasteiger partial charge in [0.2, 0.25) is 0 Å². The Bertz CT molecular complexity index is 523. The van der Waals surface area contributed by atoms with E-state index in [-0.39, 0.29) is 17.7 Å². The van der Waals surface area contributed by atoms with E-state index < -0.39 is 5.97 Å². The molecule has 0 unspecified atom stereocenters. The van der Waals surface area contributed by atoms with Gasteiger partial charge in [0.25, 0.3) is 5.91 Å². The van der Waals surface area contributed by atoms with Crippen LogP contribution in [0, 0.1) is 5.41 Å². The molecule has 0 heterocycles. The Morgan fingerprint density at radius 1 is 1.35 bits per heavy atom. The average Bonchev–Trinajstić information content (AvgIpc) is 2.30. The largest absolute Gasteiger partial charge is 0.481 e. The van der Waals surface area contributed by atoms with Crippen LogP contribution in [0.15, 0.2) is 22.7 Å². The Hall–Kier alpha value is -1.07. The molecule has 1 aliphatic rings. The molecule has 2 rings (SSSR count). The number of carbonyl (C=O) groups is 2. The van der Waals surface area contributed by atoms with Crippen molar-refractivity contribution in [3.8, 4) is 0 Å². The van der Waals surface area contributed by atoms with Gasteiger partial charge in [0.1, 0.15) is 0 Å². The highest BCUT2D eigenvalue weighted by Gasteiger charge is 2.39. The summed E-state index contributed by atoms with van der Waals surface area (Å²) in [5.41, 5.74) is 0.186. The van der Waals surface area contributed by atoms with Crippen LogP contribution in [0.1, 0.15) is 36.0 Å². The van der Waals surface area contributed by atoms with Crippen molar-refractivity contribution in [3.63, 3.8) is 0 Å². The maximum absolute atomic E-state index is 12.1. The molecule has 0 saturated heterocycles. The van der Waals surface area contributed by atoms with Crippen molar-refractivity contribution in [2.75, 3.05) is 6.54 Å². The van der Waals surface area contributed by atoms with E-state index in [0.29, 0.717) is 17.1 Å². The van der Waals surface area contributed by atoms with Crippen molar-refractivity contribution < 1.29 is 14.7 Å². The van der Waals surface area contributed by atoms with Gasteiger partial charge >= 0.3 is 5.97 Å². The highest BCUT2D eigenvalue weighted by molar-refractivity contribution is 9.10. The van der Waals surface area contributed by atoms with Gasteiger partial charge in [0, 0.05) is 21.6 Å². The van der Waals surface area contributed by atoms with Crippen LogP contribution in [-0.4, -0.2) is 23.5 Å². The summed E-state index contributed by atoms with van der Waals surface area (Å²) in [7, 11) is 0. The third-order valence-electron chi connectivity index (χ3n) is 3.69. The number of benzene rings is 1. The number of carbonyl (C=O) groups excluding carboxylic acids is 1. The Morgan fingerprint density at radius 2 is 2.05 bits per heavy atom. The number of nitrogens with one attached hydrogen (secondary N) is 1. The molecule has 4 nitrogen and oxygen atoms in total. The summed E-state index contributed by atoms with van der Waals surface area (Å²) >= 11 is 9.19. The molecule has 0 bridgehead atoms. The fourth-order valence-electron chi connectivity index (χ4n) is 2.47. The zero-order chi connectivity index (χ0) is 14.8. The van der Waals surface area contributed by atoms with Crippen LogP contribution in [-0.2, 0) is 4.79 Å². The van der Waals surface area contributed by atoms with Crippen LogP contribution < -0.4 is 5.32 Å². The van der Waals surface area contributed by atoms with E-state index in [1.54, 1.807) is 18.2 Å². The lowest BCUT2D eigenvalue weighted by Crippen LogP contribution is -2.43. The second-order valence-corrected chi connectivity index (χ2v) is 6.62. The summed E-state index contributed by atoms with van der Waals surface area (Å²) in [6.07, 6.45) is 2.82. The number of halogens is 2. The van der Waals surface area contributed by atoms with E-state index in [2.05, 4.69) is 21.2 Å². The van der Waals surface area contributed by atoms with E-state index in [1.807, 2.05) is 0 Å². The predicted octanol–water partition coefficient (Wildman–Crippen LogP) is 3.48. The molecule has 0 spiro atoms. The molecule has 1 aromatic rings. The van der Waals surface area contributed by atoms with Gasteiger partial charge in [0.15, 0.2) is 0 Å². The first-order chi connectivity index (χ1) is 9.40. The van der Waals surface area contributed by atoms with Crippen molar-refractivity contribution in [1.82, 2.24) is 5.32 Å². The highest BCUT2D eigenvalue weighted by Crippen LogP contribution is 2.43. The van der Waals surface area contributed by atoms with Crippen LogP contribution >= 0.6 is 27.5 Å². The zero-order valence-electron chi connectivity index (χ0n) is 10.8. The number of hydrogen-bond donors (Lipinski definition) is 2. The first kappa shape index (κ1) is 15.3.